The monoisotopic (exact) mass is 280 g/mol. The lowest BCUT2D eigenvalue weighted by atomic mass is 10.1. The number of carbonyl (C=O) groups is 1. The zero-order valence-corrected chi connectivity index (χ0v) is 11.8. The third-order valence-corrected chi connectivity index (χ3v) is 3.49. The Hall–Kier alpha value is -2.69. The van der Waals surface area contributed by atoms with E-state index in [1.807, 2.05) is 42.0 Å². The number of nitrogens with zero attached hydrogens (tertiary/aromatic N) is 3. The summed E-state index contributed by atoms with van der Waals surface area (Å²) < 4.78 is 1.95. The number of aromatic nitrogens is 3. The lowest BCUT2D eigenvalue weighted by molar-refractivity contribution is 0.0985. The van der Waals surface area contributed by atoms with Gasteiger partial charge in [-0.3, -0.25) is 4.79 Å². The quantitative estimate of drug-likeness (QED) is 0.745. The van der Waals surface area contributed by atoms with Gasteiger partial charge in [0.2, 0.25) is 0 Å². The predicted molar refractivity (Wildman–Crippen MR) is 82.1 cm³/mol. The van der Waals surface area contributed by atoms with Crippen molar-refractivity contribution >= 4 is 22.4 Å². The molecule has 5 nitrogen and oxygen atoms in total. The zero-order valence-electron chi connectivity index (χ0n) is 11.8. The van der Waals surface area contributed by atoms with E-state index in [2.05, 4.69) is 9.97 Å². The second-order valence-corrected chi connectivity index (χ2v) is 4.84. The molecule has 0 fully saturated rings. The second-order valence-electron chi connectivity index (χ2n) is 4.84. The Labute approximate surface area is 122 Å². The molecule has 0 saturated carbocycles. The first-order valence-electron chi connectivity index (χ1n) is 6.87. The minimum absolute atomic E-state index is 0.0756. The molecule has 0 bridgehead atoms. The van der Waals surface area contributed by atoms with Crippen molar-refractivity contribution in [3.8, 4) is 0 Å². The van der Waals surface area contributed by atoms with Crippen LogP contribution in [0.5, 0.6) is 0 Å². The van der Waals surface area contributed by atoms with Crippen LogP contribution in [0.1, 0.15) is 23.2 Å². The summed E-state index contributed by atoms with van der Waals surface area (Å²) in [4.78, 5) is 21.0. The number of imidazole rings is 1. The Morgan fingerprint density at radius 2 is 2.14 bits per heavy atom. The Morgan fingerprint density at radius 3 is 2.95 bits per heavy atom. The number of fused-ring (bicyclic) bond motifs is 1. The van der Waals surface area contributed by atoms with E-state index < -0.39 is 0 Å². The van der Waals surface area contributed by atoms with E-state index in [1.165, 1.54) is 0 Å². The number of benzene rings is 1. The summed E-state index contributed by atoms with van der Waals surface area (Å²) in [6.07, 6.45) is 3.80. The van der Waals surface area contributed by atoms with Crippen LogP contribution in [-0.2, 0) is 13.0 Å². The highest BCUT2D eigenvalue weighted by Crippen LogP contribution is 2.20. The standard InChI is InChI=1S/C16H16N4O/c1-2-20-8-7-18-16(20)10-15(21)14-9-12(17)11-5-3-4-6-13(11)19-14/h3-9H,2,10H2,1H3,(H2,17,19). The van der Waals surface area contributed by atoms with Gasteiger partial charge in [-0.05, 0) is 19.1 Å². The smallest absolute Gasteiger partial charge is 0.188 e. The maximum atomic E-state index is 12.4. The first-order valence-corrected chi connectivity index (χ1v) is 6.87. The molecule has 0 aliphatic carbocycles. The fourth-order valence-corrected chi connectivity index (χ4v) is 2.37. The van der Waals surface area contributed by atoms with E-state index in [0.717, 1.165) is 23.3 Å². The SMILES string of the molecule is CCn1ccnc1CC(=O)c1cc(N)c2ccccc2n1. The number of carbonyl (C=O) groups excluding carboxylic acids is 1. The van der Waals surface area contributed by atoms with Crippen molar-refractivity contribution in [3.63, 3.8) is 0 Å². The Bertz CT molecular complexity index is 807. The van der Waals surface area contributed by atoms with Gasteiger partial charge >= 0.3 is 0 Å². The normalized spacial score (nSPS) is 10.9. The summed E-state index contributed by atoms with van der Waals surface area (Å²) in [6.45, 7) is 2.80. The molecule has 0 amide bonds. The van der Waals surface area contributed by atoms with Crippen LogP contribution in [0.15, 0.2) is 42.7 Å². The van der Waals surface area contributed by atoms with Crippen molar-refractivity contribution in [2.75, 3.05) is 5.73 Å². The summed E-state index contributed by atoms with van der Waals surface area (Å²) in [5, 5.41) is 0.865. The number of para-hydroxylation sites is 1. The van der Waals surface area contributed by atoms with E-state index in [4.69, 9.17) is 5.73 Å². The topological polar surface area (TPSA) is 73.8 Å². The summed E-state index contributed by atoms with van der Waals surface area (Å²) in [6, 6.07) is 9.18. The zero-order chi connectivity index (χ0) is 14.8. The molecule has 21 heavy (non-hydrogen) atoms. The molecule has 1 aromatic carbocycles. The average Bonchev–Trinajstić information content (AvgIpc) is 2.94. The van der Waals surface area contributed by atoms with Gasteiger partial charge in [0.15, 0.2) is 5.78 Å². The van der Waals surface area contributed by atoms with Crippen LogP contribution in [0.25, 0.3) is 10.9 Å². The molecule has 3 aromatic rings. The van der Waals surface area contributed by atoms with Crippen molar-refractivity contribution in [1.29, 1.82) is 0 Å². The fraction of sp³-hybridized carbons (Fsp3) is 0.188. The van der Waals surface area contributed by atoms with Crippen molar-refractivity contribution in [1.82, 2.24) is 14.5 Å². The molecule has 0 atom stereocenters. The summed E-state index contributed by atoms with van der Waals surface area (Å²) in [5.41, 5.74) is 7.71. The lowest BCUT2D eigenvalue weighted by Crippen LogP contribution is -2.11. The molecule has 0 spiro atoms. The van der Waals surface area contributed by atoms with Crippen LogP contribution in [0.4, 0.5) is 5.69 Å². The van der Waals surface area contributed by atoms with Crippen molar-refractivity contribution < 1.29 is 4.79 Å². The van der Waals surface area contributed by atoms with Crippen molar-refractivity contribution in [2.45, 2.75) is 19.9 Å². The molecule has 2 N–H and O–H groups in total. The highest BCUT2D eigenvalue weighted by molar-refractivity contribution is 6.00. The van der Waals surface area contributed by atoms with Gasteiger partial charge in [0.25, 0.3) is 0 Å². The van der Waals surface area contributed by atoms with E-state index in [0.29, 0.717) is 11.4 Å². The number of hydrogen-bond donors (Lipinski definition) is 1. The number of pyridine rings is 1. The first kappa shape index (κ1) is 13.3. The number of ketones is 1. The highest BCUT2D eigenvalue weighted by atomic mass is 16.1. The molecule has 0 aliphatic rings. The molecule has 5 heteroatoms. The fourth-order valence-electron chi connectivity index (χ4n) is 2.37. The molecule has 3 rings (SSSR count). The Kier molecular flexibility index (Phi) is 3.39. The van der Waals surface area contributed by atoms with Crippen LogP contribution < -0.4 is 5.73 Å². The third-order valence-electron chi connectivity index (χ3n) is 3.49. The van der Waals surface area contributed by atoms with Gasteiger partial charge in [0.05, 0.1) is 11.9 Å². The minimum Gasteiger partial charge on any atom is -0.398 e. The molecule has 106 valence electrons. The van der Waals surface area contributed by atoms with E-state index in [-0.39, 0.29) is 12.2 Å². The number of hydrogen-bond acceptors (Lipinski definition) is 4. The summed E-state index contributed by atoms with van der Waals surface area (Å²) in [5.74, 6) is 0.671. The number of Topliss-reactive ketones (excluding diaryl/α,β-unsaturated/α-hetero) is 1. The van der Waals surface area contributed by atoms with Gasteiger partial charge in [-0.15, -0.1) is 0 Å². The second kappa shape index (κ2) is 5.36. The first-order chi connectivity index (χ1) is 10.2. The molecular formula is C16H16N4O. The molecule has 0 saturated heterocycles. The number of rotatable bonds is 4. The van der Waals surface area contributed by atoms with Crippen LogP contribution in [0.3, 0.4) is 0 Å². The van der Waals surface area contributed by atoms with E-state index in [1.54, 1.807) is 12.3 Å². The van der Waals surface area contributed by atoms with Gasteiger partial charge in [-0.25, -0.2) is 9.97 Å². The number of nitrogens with two attached hydrogens (primary N) is 1. The van der Waals surface area contributed by atoms with Gasteiger partial charge in [0, 0.05) is 30.0 Å². The molecule has 2 aromatic heterocycles. The lowest BCUT2D eigenvalue weighted by Gasteiger charge is -2.07. The highest BCUT2D eigenvalue weighted by Gasteiger charge is 2.14. The van der Waals surface area contributed by atoms with Crippen molar-refractivity contribution in [3.05, 3.63) is 54.2 Å². The Balaban J connectivity index is 1.95. The molecule has 0 aliphatic heterocycles. The van der Waals surface area contributed by atoms with Gasteiger partial charge in [0.1, 0.15) is 11.5 Å². The van der Waals surface area contributed by atoms with Crippen LogP contribution in [0, 0.1) is 0 Å². The Morgan fingerprint density at radius 1 is 1.33 bits per heavy atom. The van der Waals surface area contributed by atoms with E-state index in [9.17, 15) is 4.79 Å². The van der Waals surface area contributed by atoms with Crippen LogP contribution >= 0.6 is 0 Å². The number of nitrogen functional groups attached to an aromatic ring is 1. The van der Waals surface area contributed by atoms with Gasteiger partial charge < -0.3 is 10.3 Å². The average molecular weight is 280 g/mol. The van der Waals surface area contributed by atoms with Gasteiger partial charge in [-0.1, -0.05) is 18.2 Å². The summed E-state index contributed by atoms with van der Waals surface area (Å²) in [7, 11) is 0. The molecule has 0 unspecified atom stereocenters. The predicted octanol–water partition coefficient (Wildman–Crippen LogP) is 2.46. The molecule has 0 radical (unpaired) electrons. The number of aryl methyl sites for hydroxylation is 1. The maximum Gasteiger partial charge on any atom is 0.188 e. The van der Waals surface area contributed by atoms with Gasteiger partial charge in [-0.2, -0.15) is 0 Å². The largest absolute Gasteiger partial charge is 0.398 e. The van der Waals surface area contributed by atoms with E-state index >= 15 is 0 Å². The van der Waals surface area contributed by atoms with Crippen LogP contribution in [0.2, 0.25) is 0 Å². The molecular weight excluding hydrogens is 264 g/mol. The molecule has 2 heterocycles. The van der Waals surface area contributed by atoms with Crippen LogP contribution in [-0.4, -0.2) is 20.3 Å². The minimum atomic E-state index is -0.0756. The number of anilines is 1. The maximum absolute atomic E-state index is 12.4. The summed E-state index contributed by atoms with van der Waals surface area (Å²) >= 11 is 0. The third kappa shape index (κ3) is 2.50. The van der Waals surface area contributed by atoms with Crippen molar-refractivity contribution in [2.24, 2.45) is 0 Å².